The number of anilines is 1. The van der Waals surface area contributed by atoms with Gasteiger partial charge < -0.3 is 19.9 Å². The van der Waals surface area contributed by atoms with Crippen molar-refractivity contribution in [3.05, 3.63) is 90.9 Å². The zero-order valence-electron chi connectivity index (χ0n) is 29.1. The third-order valence-corrected chi connectivity index (χ3v) is 11.3. The van der Waals surface area contributed by atoms with E-state index < -0.39 is 38.0 Å². The molecule has 5 aromatic rings. The van der Waals surface area contributed by atoms with Crippen LogP contribution in [0.2, 0.25) is 0 Å². The van der Waals surface area contributed by atoms with Gasteiger partial charge in [0.25, 0.3) is 5.91 Å². The number of nitrogens with zero attached hydrogens (tertiary/aromatic N) is 4. The van der Waals surface area contributed by atoms with Crippen molar-refractivity contribution < 1.29 is 31.2 Å². The normalized spacial score (nSPS) is 12.4. The number of nitrogens with one attached hydrogen (secondary N) is 4. The number of rotatable bonds is 18. The van der Waals surface area contributed by atoms with Crippen molar-refractivity contribution in [2.45, 2.75) is 48.6 Å². The molecule has 52 heavy (non-hydrogen) atoms. The van der Waals surface area contributed by atoms with Crippen LogP contribution < -0.4 is 20.1 Å². The largest absolute Gasteiger partial charge is 0.468 e. The van der Waals surface area contributed by atoms with Crippen molar-refractivity contribution in [1.29, 1.82) is 0 Å². The minimum absolute atomic E-state index is 0.120. The summed E-state index contributed by atoms with van der Waals surface area (Å²) >= 11 is 0. The van der Waals surface area contributed by atoms with Gasteiger partial charge >= 0.3 is 5.97 Å². The lowest BCUT2D eigenvalue weighted by atomic mass is 10.1. The zero-order valence-corrected chi connectivity index (χ0v) is 30.7. The predicted molar refractivity (Wildman–Crippen MR) is 196 cm³/mol. The fourth-order valence-electron chi connectivity index (χ4n) is 5.36. The van der Waals surface area contributed by atoms with Crippen molar-refractivity contribution in [2.75, 3.05) is 32.1 Å². The van der Waals surface area contributed by atoms with Gasteiger partial charge in [-0.3, -0.25) is 14.3 Å². The topological polar surface area (TPSA) is 195 Å². The number of hydrogen-bond donors (Lipinski definition) is 4. The summed E-state index contributed by atoms with van der Waals surface area (Å²) in [6, 6.07) is 15.8. The van der Waals surface area contributed by atoms with Crippen molar-refractivity contribution in [3.63, 3.8) is 0 Å². The lowest BCUT2D eigenvalue weighted by molar-refractivity contribution is -0.142. The molecule has 1 unspecified atom stereocenters. The number of carbonyl (C=O) groups is 2. The Bertz CT molecular complexity index is 2220. The molecule has 276 valence electrons. The summed E-state index contributed by atoms with van der Waals surface area (Å²) < 4.78 is 65.0. The Hall–Kier alpha value is -5.10. The third kappa shape index (κ3) is 9.41. The first-order chi connectivity index (χ1) is 24.9. The van der Waals surface area contributed by atoms with Crippen LogP contribution in [-0.4, -0.2) is 80.8 Å². The van der Waals surface area contributed by atoms with E-state index in [4.69, 9.17) is 4.74 Å². The quantitative estimate of drug-likeness (QED) is 0.0763. The maximum atomic E-state index is 13.3. The highest BCUT2D eigenvalue weighted by atomic mass is 32.2. The van der Waals surface area contributed by atoms with E-state index >= 15 is 0 Å². The Labute approximate surface area is 302 Å². The van der Waals surface area contributed by atoms with Gasteiger partial charge in [-0.1, -0.05) is 37.6 Å². The highest BCUT2D eigenvalue weighted by Crippen LogP contribution is 2.23. The van der Waals surface area contributed by atoms with Gasteiger partial charge in [-0.25, -0.2) is 26.5 Å². The number of fused-ring (bicyclic) bond motifs is 1. The molecule has 15 nitrogen and oxygen atoms in total. The molecule has 4 N–H and O–H groups in total. The predicted octanol–water partition coefficient (Wildman–Crippen LogP) is 3.27. The molecule has 0 fully saturated rings. The highest BCUT2D eigenvalue weighted by Gasteiger charge is 2.27. The van der Waals surface area contributed by atoms with E-state index in [2.05, 4.69) is 30.2 Å². The van der Waals surface area contributed by atoms with Crippen LogP contribution in [0.25, 0.3) is 22.0 Å². The lowest BCUT2D eigenvalue weighted by Crippen LogP contribution is -2.48. The van der Waals surface area contributed by atoms with E-state index in [-0.39, 0.29) is 16.3 Å². The van der Waals surface area contributed by atoms with Crippen LogP contribution in [-0.2, 0) is 43.2 Å². The minimum Gasteiger partial charge on any atom is -0.468 e. The van der Waals surface area contributed by atoms with Crippen LogP contribution in [0.3, 0.4) is 0 Å². The molecule has 0 aliphatic rings. The van der Waals surface area contributed by atoms with Gasteiger partial charge in [-0.2, -0.15) is 9.82 Å². The van der Waals surface area contributed by atoms with E-state index in [1.165, 1.54) is 24.3 Å². The molecule has 2 heterocycles. The smallest absolute Gasteiger partial charge is 0.325 e. The van der Waals surface area contributed by atoms with Crippen LogP contribution >= 0.6 is 0 Å². The van der Waals surface area contributed by atoms with Gasteiger partial charge in [0.05, 0.1) is 28.6 Å². The average molecular weight is 751 g/mol. The Balaban J connectivity index is 1.18. The number of sulfonamides is 2. The minimum atomic E-state index is -4.22. The molecule has 17 heteroatoms. The maximum absolute atomic E-state index is 13.3. The average Bonchev–Trinajstić information content (AvgIpc) is 3.76. The van der Waals surface area contributed by atoms with Crippen molar-refractivity contribution >= 4 is 48.8 Å². The summed E-state index contributed by atoms with van der Waals surface area (Å²) in [6.45, 7) is 3.30. The van der Waals surface area contributed by atoms with Crippen LogP contribution in [0.15, 0.2) is 95.1 Å². The second-order valence-corrected chi connectivity index (χ2v) is 15.5. The standard InChI is InChI=1S/C35H42N8O7S2/c1-4-5-18-40-51(46,47)29-12-7-25(8-13-29)26-9-14-30(15-10-26)52(48,49)41-31(34(45)50-3)24-38-33(44)27-11-16-32-28(22-27)23-39-43(32)20-6-17-36-35-37-19-21-42(35)2/h7-16,19,21-23,31,40-41H,4-6,17-18,20,24H2,1-3H3,(H,36,37)(H,38,44). The maximum Gasteiger partial charge on any atom is 0.325 e. The van der Waals surface area contributed by atoms with Gasteiger partial charge in [0.15, 0.2) is 0 Å². The number of esters is 1. The number of hydrogen-bond acceptors (Lipinski definition) is 10. The summed E-state index contributed by atoms with van der Waals surface area (Å²) in [4.78, 5) is 29.9. The van der Waals surface area contributed by atoms with Gasteiger partial charge in [0.1, 0.15) is 6.04 Å². The first kappa shape index (κ1) is 38.1. The number of aromatic nitrogens is 4. The van der Waals surface area contributed by atoms with Gasteiger partial charge in [-0.15, -0.1) is 0 Å². The number of imidazole rings is 1. The highest BCUT2D eigenvalue weighted by molar-refractivity contribution is 7.89. The molecule has 0 aliphatic heterocycles. The number of aryl methyl sites for hydroxylation is 2. The van der Waals surface area contributed by atoms with E-state index in [1.807, 2.05) is 29.4 Å². The van der Waals surface area contributed by atoms with Gasteiger partial charge in [0.2, 0.25) is 26.0 Å². The molecule has 1 amide bonds. The fourth-order valence-corrected chi connectivity index (χ4v) is 7.62. The summed E-state index contributed by atoms with van der Waals surface area (Å²) in [5, 5.41) is 11.1. The molecule has 0 radical (unpaired) electrons. The number of unbranched alkanes of at least 4 members (excludes halogenated alkanes) is 1. The van der Waals surface area contributed by atoms with Gasteiger partial charge in [-0.05, 0) is 66.4 Å². The number of benzene rings is 3. The lowest BCUT2D eigenvalue weighted by Gasteiger charge is -2.17. The number of amides is 1. The van der Waals surface area contributed by atoms with E-state index in [1.54, 1.807) is 54.9 Å². The molecule has 1 atom stereocenters. The third-order valence-electron chi connectivity index (χ3n) is 8.29. The van der Waals surface area contributed by atoms with Crippen LogP contribution in [0.4, 0.5) is 5.95 Å². The van der Waals surface area contributed by atoms with E-state index in [0.29, 0.717) is 36.3 Å². The Morgan fingerprint density at radius 3 is 2.17 bits per heavy atom. The number of carbonyl (C=O) groups excluding carboxylic acids is 2. The molecule has 3 aromatic carbocycles. The molecule has 5 rings (SSSR count). The first-order valence-electron chi connectivity index (χ1n) is 16.7. The molecule has 0 aliphatic carbocycles. The molecular formula is C35H42N8O7S2. The van der Waals surface area contributed by atoms with Crippen molar-refractivity contribution in [2.24, 2.45) is 7.05 Å². The summed E-state index contributed by atoms with van der Waals surface area (Å²) in [5.41, 5.74) is 2.49. The van der Waals surface area contributed by atoms with Crippen LogP contribution in [0, 0.1) is 0 Å². The number of methoxy groups -OCH3 is 1. The monoisotopic (exact) mass is 750 g/mol. The summed E-state index contributed by atoms with van der Waals surface area (Å²) in [5.74, 6) is -0.611. The molecule has 0 saturated carbocycles. The Kier molecular flexibility index (Phi) is 12.4. The van der Waals surface area contributed by atoms with Crippen LogP contribution in [0.1, 0.15) is 36.5 Å². The summed E-state index contributed by atoms with van der Waals surface area (Å²) in [6.07, 6.45) is 7.64. The fraction of sp³-hybridized carbons (Fsp3) is 0.314. The molecule has 0 spiro atoms. The summed E-state index contributed by atoms with van der Waals surface area (Å²) in [7, 11) is -4.82. The molecule has 0 saturated heterocycles. The first-order valence-corrected chi connectivity index (χ1v) is 19.6. The van der Waals surface area contributed by atoms with Crippen molar-refractivity contribution in [1.82, 2.24) is 34.1 Å². The van der Waals surface area contributed by atoms with E-state index in [0.717, 1.165) is 43.2 Å². The second-order valence-electron chi connectivity index (χ2n) is 12.0. The zero-order chi connectivity index (χ0) is 37.3. The number of ether oxygens (including phenoxy) is 1. The second kappa shape index (κ2) is 16.9. The van der Waals surface area contributed by atoms with E-state index in [9.17, 15) is 26.4 Å². The Morgan fingerprint density at radius 2 is 1.56 bits per heavy atom. The molecule has 0 bridgehead atoms. The molecular weight excluding hydrogens is 709 g/mol. The van der Waals surface area contributed by atoms with Crippen molar-refractivity contribution in [3.8, 4) is 11.1 Å². The molecule has 2 aromatic heterocycles. The Morgan fingerprint density at radius 1 is 0.885 bits per heavy atom. The van der Waals surface area contributed by atoms with Gasteiger partial charge in [0, 0.05) is 56.6 Å². The SMILES string of the molecule is CCCCNS(=O)(=O)c1ccc(-c2ccc(S(=O)(=O)NC(CNC(=O)c3ccc4c(cnn4CCCNc4nccn4C)c3)C(=O)OC)cc2)cc1. The van der Waals surface area contributed by atoms with Crippen LogP contribution in [0.5, 0.6) is 0 Å².